The van der Waals surface area contributed by atoms with Crippen molar-refractivity contribution in [3.05, 3.63) is 63.9 Å². The summed E-state index contributed by atoms with van der Waals surface area (Å²) in [6.07, 6.45) is -3.80. The first-order chi connectivity index (χ1) is 9.91. The lowest BCUT2D eigenvalue weighted by Gasteiger charge is -2.05. The van der Waals surface area contributed by atoms with E-state index in [1.807, 2.05) is 24.3 Å². The predicted molar refractivity (Wildman–Crippen MR) is 78.0 cm³/mol. The molecule has 0 spiro atoms. The summed E-state index contributed by atoms with van der Waals surface area (Å²) < 4.78 is 39.0. The highest BCUT2D eigenvalue weighted by molar-refractivity contribution is 9.10. The second-order valence-corrected chi connectivity index (χ2v) is 5.63. The number of nitrogens with one attached hydrogen (secondary N) is 1. The van der Waals surface area contributed by atoms with Crippen LogP contribution in [0.2, 0.25) is 0 Å². The van der Waals surface area contributed by atoms with Gasteiger partial charge in [-0.15, -0.1) is 0 Å². The van der Waals surface area contributed by atoms with Gasteiger partial charge in [0, 0.05) is 10.9 Å². The van der Waals surface area contributed by atoms with Crippen LogP contribution in [0, 0.1) is 0 Å². The van der Waals surface area contributed by atoms with E-state index in [2.05, 4.69) is 25.9 Å². The van der Waals surface area contributed by atoms with Gasteiger partial charge in [0.2, 0.25) is 0 Å². The van der Waals surface area contributed by atoms with E-state index in [4.69, 9.17) is 0 Å². The summed E-state index contributed by atoms with van der Waals surface area (Å²) in [5.74, 6) is 0.645. The summed E-state index contributed by atoms with van der Waals surface area (Å²) in [6.45, 7) is 0. The lowest BCUT2D eigenvalue weighted by Crippen LogP contribution is -2.04. The van der Waals surface area contributed by atoms with Gasteiger partial charge in [0.15, 0.2) is 0 Å². The molecule has 0 aliphatic carbocycles. The smallest absolute Gasteiger partial charge is 0.342 e. The summed E-state index contributed by atoms with van der Waals surface area (Å²) in [5, 5.41) is 0. The Morgan fingerprint density at radius 1 is 1.05 bits per heavy atom. The molecule has 2 aromatic carbocycles. The molecule has 0 aliphatic heterocycles. The van der Waals surface area contributed by atoms with Gasteiger partial charge < -0.3 is 4.98 Å². The maximum Gasteiger partial charge on any atom is 0.416 e. The first-order valence-corrected chi connectivity index (χ1v) is 7.01. The van der Waals surface area contributed by atoms with Crippen LogP contribution in [0.1, 0.15) is 17.0 Å². The average Bonchev–Trinajstić information content (AvgIpc) is 2.81. The van der Waals surface area contributed by atoms with Crippen molar-refractivity contribution in [2.45, 2.75) is 12.6 Å². The number of hydrogen-bond donors (Lipinski definition) is 1. The van der Waals surface area contributed by atoms with E-state index in [1.165, 1.54) is 6.07 Å². The molecule has 0 saturated carbocycles. The monoisotopic (exact) mass is 354 g/mol. The average molecular weight is 355 g/mol. The van der Waals surface area contributed by atoms with E-state index in [-0.39, 0.29) is 0 Å². The minimum atomic E-state index is -4.34. The van der Waals surface area contributed by atoms with Crippen LogP contribution in [0.4, 0.5) is 13.2 Å². The lowest BCUT2D eigenvalue weighted by atomic mass is 10.1. The lowest BCUT2D eigenvalue weighted by molar-refractivity contribution is -0.137. The van der Waals surface area contributed by atoms with Gasteiger partial charge in [0.05, 0.1) is 16.6 Å². The Hall–Kier alpha value is -1.82. The fourth-order valence-electron chi connectivity index (χ4n) is 2.12. The van der Waals surface area contributed by atoms with Crippen molar-refractivity contribution in [2.24, 2.45) is 0 Å². The Bertz CT molecular complexity index is 776. The summed E-state index contributed by atoms with van der Waals surface area (Å²) in [6, 6.07) is 11.2. The van der Waals surface area contributed by atoms with Crippen molar-refractivity contribution in [1.82, 2.24) is 9.97 Å². The number of imidazole rings is 1. The van der Waals surface area contributed by atoms with Crippen LogP contribution in [0.25, 0.3) is 11.0 Å². The Morgan fingerprint density at radius 2 is 1.76 bits per heavy atom. The minimum Gasteiger partial charge on any atom is -0.342 e. The van der Waals surface area contributed by atoms with Crippen LogP contribution >= 0.6 is 15.9 Å². The maximum absolute atomic E-state index is 12.7. The van der Waals surface area contributed by atoms with Gasteiger partial charge in [0.25, 0.3) is 0 Å². The van der Waals surface area contributed by atoms with Crippen molar-refractivity contribution in [3.63, 3.8) is 0 Å². The highest BCUT2D eigenvalue weighted by Crippen LogP contribution is 2.31. The maximum atomic E-state index is 12.7. The molecule has 3 aromatic rings. The van der Waals surface area contributed by atoms with Crippen LogP contribution in [-0.2, 0) is 12.6 Å². The third-order valence-corrected chi connectivity index (χ3v) is 3.67. The number of halogens is 4. The van der Waals surface area contributed by atoms with E-state index in [0.29, 0.717) is 23.3 Å². The zero-order valence-corrected chi connectivity index (χ0v) is 12.3. The number of hydrogen-bond acceptors (Lipinski definition) is 1. The van der Waals surface area contributed by atoms with Gasteiger partial charge in [-0.05, 0) is 35.9 Å². The Morgan fingerprint density at radius 3 is 2.43 bits per heavy atom. The van der Waals surface area contributed by atoms with E-state index in [0.717, 1.165) is 22.2 Å². The number of rotatable bonds is 2. The second-order valence-electron chi connectivity index (χ2n) is 4.72. The van der Waals surface area contributed by atoms with Crippen molar-refractivity contribution in [3.8, 4) is 0 Å². The number of aromatic nitrogens is 2. The molecule has 0 saturated heterocycles. The molecule has 0 radical (unpaired) electrons. The molecule has 6 heteroatoms. The summed E-state index contributed by atoms with van der Waals surface area (Å²) >= 11 is 3.36. The quantitative estimate of drug-likeness (QED) is 0.694. The minimum absolute atomic E-state index is 0.400. The van der Waals surface area contributed by atoms with Gasteiger partial charge in [0.1, 0.15) is 5.82 Å². The molecule has 0 fully saturated rings. The van der Waals surface area contributed by atoms with Gasteiger partial charge in [-0.1, -0.05) is 28.1 Å². The first kappa shape index (κ1) is 14.1. The van der Waals surface area contributed by atoms with Crippen molar-refractivity contribution in [1.29, 1.82) is 0 Å². The molecule has 3 rings (SSSR count). The van der Waals surface area contributed by atoms with Crippen molar-refractivity contribution >= 4 is 27.0 Å². The SMILES string of the molecule is FC(F)(F)c1ccc2nc(Cc3ccc(Br)cc3)[nH]c2c1. The van der Waals surface area contributed by atoms with Gasteiger partial charge >= 0.3 is 6.18 Å². The van der Waals surface area contributed by atoms with E-state index in [9.17, 15) is 13.2 Å². The van der Waals surface area contributed by atoms with Crippen LogP contribution in [0.15, 0.2) is 46.9 Å². The molecule has 0 bridgehead atoms. The predicted octanol–water partition coefficient (Wildman–Crippen LogP) is 4.94. The number of benzene rings is 2. The summed E-state index contributed by atoms with van der Waals surface area (Å²) in [7, 11) is 0. The standard InChI is InChI=1S/C15H10BrF3N2/c16-11-4-1-9(2-5-11)7-14-20-12-6-3-10(15(17,18)19)8-13(12)21-14/h1-6,8H,7H2,(H,20,21). The number of alkyl halides is 3. The molecular formula is C15H10BrF3N2. The van der Waals surface area contributed by atoms with Gasteiger partial charge in [-0.25, -0.2) is 4.98 Å². The molecule has 1 N–H and O–H groups in total. The fraction of sp³-hybridized carbons (Fsp3) is 0.133. The van der Waals surface area contributed by atoms with Gasteiger partial charge in [-0.3, -0.25) is 0 Å². The largest absolute Gasteiger partial charge is 0.416 e. The molecule has 0 amide bonds. The van der Waals surface area contributed by atoms with E-state index >= 15 is 0 Å². The summed E-state index contributed by atoms with van der Waals surface area (Å²) in [5.41, 5.74) is 1.30. The fourth-order valence-corrected chi connectivity index (χ4v) is 2.38. The van der Waals surface area contributed by atoms with E-state index < -0.39 is 11.7 Å². The third-order valence-electron chi connectivity index (χ3n) is 3.14. The van der Waals surface area contributed by atoms with Crippen LogP contribution in [0.3, 0.4) is 0 Å². The topological polar surface area (TPSA) is 28.7 Å². The summed E-state index contributed by atoms with van der Waals surface area (Å²) in [4.78, 5) is 7.27. The molecule has 0 unspecified atom stereocenters. The second kappa shape index (κ2) is 5.18. The van der Waals surface area contributed by atoms with Crippen LogP contribution in [-0.4, -0.2) is 9.97 Å². The van der Waals surface area contributed by atoms with Crippen molar-refractivity contribution < 1.29 is 13.2 Å². The molecule has 1 aromatic heterocycles. The Balaban J connectivity index is 1.92. The Labute approximate surface area is 127 Å². The molecule has 0 aliphatic rings. The molecular weight excluding hydrogens is 345 g/mol. The number of fused-ring (bicyclic) bond motifs is 1. The highest BCUT2D eigenvalue weighted by atomic mass is 79.9. The van der Waals surface area contributed by atoms with Crippen LogP contribution in [0.5, 0.6) is 0 Å². The highest BCUT2D eigenvalue weighted by Gasteiger charge is 2.30. The Kier molecular flexibility index (Phi) is 3.49. The van der Waals surface area contributed by atoms with Gasteiger partial charge in [-0.2, -0.15) is 13.2 Å². The van der Waals surface area contributed by atoms with Crippen LogP contribution < -0.4 is 0 Å². The van der Waals surface area contributed by atoms with Crippen molar-refractivity contribution in [2.75, 3.05) is 0 Å². The molecule has 108 valence electrons. The molecule has 2 nitrogen and oxygen atoms in total. The van der Waals surface area contributed by atoms with E-state index in [1.54, 1.807) is 0 Å². The number of H-pyrrole nitrogens is 1. The first-order valence-electron chi connectivity index (χ1n) is 6.22. The number of nitrogens with zero attached hydrogens (tertiary/aromatic N) is 1. The number of aromatic amines is 1. The third kappa shape index (κ3) is 3.10. The molecule has 1 heterocycles. The molecule has 21 heavy (non-hydrogen) atoms. The normalized spacial score (nSPS) is 12.0. The molecule has 0 atom stereocenters. The zero-order valence-electron chi connectivity index (χ0n) is 10.7. The zero-order chi connectivity index (χ0) is 15.0.